The summed E-state index contributed by atoms with van der Waals surface area (Å²) in [6, 6.07) is 4.76. The zero-order valence-corrected chi connectivity index (χ0v) is 11.5. The fraction of sp³-hybridized carbons (Fsp3) is 0.400. The minimum absolute atomic E-state index is 0.0254. The van der Waals surface area contributed by atoms with Crippen LogP contribution >= 0.6 is 0 Å². The molecule has 0 saturated carbocycles. The van der Waals surface area contributed by atoms with Crippen LogP contribution in [0.4, 0.5) is 4.39 Å². The van der Waals surface area contributed by atoms with Crippen molar-refractivity contribution in [3.63, 3.8) is 0 Å². The van der Waals surface area contributed by atoms with E-state index in [1.54, 1.807) is 6.07 Å². The van der Waals surface area contributed by atoms with Crippen LogP contribution in [0.15, 0.2) is 18.2 Å². The number of carbonyl (C=O) groups excluding carboxylic acids is 1. The molecule has 2 N–H and O–H groups in total. The minimum atomic E-state index is -0.282. The molecule has 0 radical (unpaired) electrons. The molecule has 0 unspecified atom stereocenters. The molecular weight excluding hydrogens is 243 g/mol. The number of aromatic nitrogens is 1. The van der Waals surface area contributed by atoms with E-state index in [4.69, 9.17) is 0 Å². The van der Waals surface area contributed by atoms with Gasteiger partial charge in [-0.05, 0) is 44.0 Å². The van der Waals surface area contributed by atoms with E-state index in [0.717, 1.165) is 28.6 Å². The van der Waals surface area contributed by atoms with E-state index in [9.17, 15) is 9.18 Å². The molecule has 19 heavy (non-hydrogen) atoms. The second-order valence-corrected chi connectivity index (χ2v) is 4.97. The molecule has 1 amide bonds. The lowest BCUT2D eigenvalue weighted by Gasteiger charge is -2.11. The molecular formula is C15H19FN2O. The molecule has 0 aliphatic carbocycles. The highest BCUT2D eigenvalue weighted by Gasteiger charge is 2.14. The Hall–Kier alpha value is -1.84. The van der Waals surface area contributed by atoms with Gasteiger partial charge in [-0.2, -0.15) is 0 Å². The van der Waals surface area contributed by atoms with Crippen LogP contribution in [-0.4, -0.2) is 16.9 Å². The lowest BCUT2D eigenvalue weighted by atomic mass is 10.1. The van der Waals surface area contributed by atoms with Crippen molar-refractivity contribution >= 4 is 16.8 Å². The number of hydrogen-bond acceptors (Lipinski definition) is 1. The normalized spacial score (nSPS) is 12.6. The fourth-order valence-corrected chi connectivity index (χ4v) is 2.17. The molecule has 2 rings (SSSR count). The van der Waals surface area contributed by atoms with Crippen molar-refractivity contribution in [2.24, 2.45) is 0 Å². The summed E-state index contributed by atoms with van der Waals surface area (Å²) in [5.74, 6) is -0.308. The van der Waals surface area contributed by atoms with Crippen LogP contribution in [0.1, 0.15) is 31.5 Å². The molecule has 1 aromatic carbocycles. The van der Waals surface area contributed by atoms with Crippen molar-refractivity contribution in [3.8, 4) is 0 Å². The highest BCUT2D eigenvalue weighted by molar-refractivity contribution is 5.90. The van der Waals surface area contributed by atoms with Crippen LogP contribution in [0.25, 0.3) is 10.9 Å². The molecule has 0 saturated heterocycles. The van der Waals surface area contributed by atoms with Gasteiger partial charge in [0.15, 0.2) is 0 Å². The second kappa shape index (κ2) is 5.43. The predicted molar refractivity (Wildman–Crippen MR) is 74.6 cm³/mol. The maximum Gasteiger partial charge on any atom is 0.224 e. The molecule has 0 fully saturated rings. The van der Waals surface area contributed by atoms with Gasteiger partial charge in [-0.25, -0.2) is 4.39 Å². The van der Waals surface area contributed by atoms with Crippen molar-refractivity contribution in [3.05, 3.63) is 35.3 Å². The van der Waals surface area contributed by atoms with Gasteiger partial charge in [0.05, 0.1) is 6.42 Å². The minimum Gasteiger partial charge on any atom is -0.358 e. The van der Waals surface area contributed by atoms with Gasteiger partial charge in [0, 0.05) is 22.6 Å². The number of aryl methyl sites for hydroxylation is 1. The van der Waals surface area contributed by atoms with Crippen LogP contribution < -0.4 is 5.32 Å². The van der Waals surface area contributed by atoms with Gasteiger partial charge in [-0.15, -0.1) is 0 Å². The number of fused-ring (bicyclic) bond motifs is 1. The monoisotopic (exact) mass is 262 g/mol. The average Bonchev–Trinajstić information content (AvgIpc) is 2.66. The largest absolute Gasteiger partial charge is 0.358 e. The summed E-state index contributed by atoms with van der Waals surface area (Å²) in [7, 11) is 0. The number of halogens is 1. The number of aromatic amines is 1. The first kappa shape index (κ1) is 13.6. The molecule has 2 aromatic rings. The smallest absolute Gasteiger partial charge is 0.224 e. The number of hydrogen-bond donors (Lipinski definition) is 2. The number of H-pyrrole nitrogens is 1. The van der Waals surface area contributed by atoms with Gasteiger partial charge in [-0.3, -0.25) is 4.79 Å². The number of rotatable bonds is 4. The number of nitrogens with one attached hydrogen (secondary N) is 2. The lowest BCUT2D eigenvalue weighted by molar-refractivity contribution is -0.121. The van der Waals surface area contributed by atoms with Crippen LogP contribution in [0.2, 0.25) is 0 Å². The van der Waals surface area contributed by atoms with Crippen LogP contribution in [-0.2, 0) is 11.2 Å². The van der Waals surface area contributed by atoms with Gasteiger partial charge in [0.1, 0.15) is 5.82 Å². The van der Waals surface area contributed by atoms with Crippen molar-refractivity contribution in [2.75, 3.05) is 0 Å². The maximum atomic E-state index is 13.3. The Morgan fingerprint density at radius 1 is 1.47 bits per heavy atom. The van der Waals surface area contributed by atoms with Crippen molar-refractivity contribution in [1.29, 1.82) is 0 Å². The molecule has 1 atom stereocenters. The molecule has 3 nitrogen and oxygen atoms in total. The van der Waals surface area contributed by atoms with E-state index in [0.29, 0.717) is 0 Å². The summed E-state index contributed by atoms with van der Waals surface area (Å²) in [5.41, 5.74) is 2.65. The van der Waals surface area contributed by atoms with E-state index in [1.807, 2.05) is 20.8 Å². The third-order valence-corrected chi connectivity index (χ3v) is 3.44. The summed E-state index contributed by atoms with van der Waals surface area (Å²) >= 11 is 0. The van der Waals surface area contributed by atoms with Crippen LogP contribution in [0, 0.1) is 12.7 Å². The molecule has 4 heteroatoms. The number of carbonyl (C=O) groups is 1. The molecule has 1 heterocycles. The Morgan fingerprint density at radius 3 is 2.89 bits per heavy atom. The van der Waals surface area contributed by atoms with Gasteiger partial charge in [-0.1, -0.05) is 6.92 Å². The van der Waals surface area contributed by atoms with Gasteiger partial charge >= 0.3 is 0 Å². The molecule has 0 aliphatic rings. The molecule has 0 aliphatic heterocycles. The Labute approximate surface area is 112 Å². The second-order valence-electron chi connectivity index (χ2n) is 4.97. The summed E-state index contributed by atoms with van der Waals surface area (Å²) in [4.78, 5) is 15.1. The third-order valence-electron chi connectivity index (χ3n) is 3.44. The Morgan fingerprint density at radius 2 is 2.21 bits per heavy atom. The summed E-state index contributed by atoms with van der Waals surface area (Å²) in [6.45, 7) is 5.90. The molecule has 1 aromatic heterocycles. The topological polar surface area (TPSA) is 44.9 Å². The fourth-order valence-electron chi connectivity index (χ4n) is 2.17. The zero-order chi connectivity index (χ0) is 14.0. The maximum absolute atomic E-state index is 13.3. The Kier molecular flexibility index (Phi) is 3.88. The van der Waals surface area contributed by atoms with Crippen LogP contribution in [0.3, 0.4) is 0 Å². The first-order valence-electron chi connectivity index (χ1n) is 6.57. The average molecular weight is 262 g/mol. The van der Waals surface area contributed by atoms with Crippen LogP contribution in [0.5, 0.6) is 0 Å². The summed E-state index contributed by atoms with van der Waals surface area (Å²) in [6.07, 6.45) is 1.17. The van der Waals surface area contributed by atoms with Crippen molar-refractivity contribution in [1.82, 2.24) is 10.3 Å². The van der Waals surface area contributed by atoms with Crippen molar-refractivity contribution in [2.45, 2.75) is 39.7 Å². The lowest BCUT2D eigenvalue weighted by Crippen LogP contribution is -2.33. The number of benzene rings is 1. The molecule has 102 valence electrons. The highest BCUT2D eigenvalue weighted by atomic mass is 19.1. The first-order valence-corrected chi connectivity index (χ1v) is 6.57. The zero-order valence-electron chi connectivity index (χ0n) is 11.5. The molecule has 0 bridgehead atoms. The molecule has 0 spiro atoms. The van der Waals surface area contributed by atoms with E-state index < -0.39 is 0 Å². The quantitative estimate of drug-likeness (QED) is 0.874. The predicted octanol–water partition coefficient (Wildman–Crippen LogP) is 3.07. The van der Waals surface area contributed by atoms with Crippen molar-refractivity contribution < 1.29 is 9.18 Å². The van der Waals surface area contributed by atoms with E-state index in [-0.39, 0.29) is 24.2 Å². The Balaban J connectivity index is 2.27. The van der Waals surface area contributed by atoms with Gasteiger partial charge in [0.25, 0.3) is 0 Å². The SMILES string of the molecule is CC[C@@H](C)NC(=O)Cc1c(C)[nH]c2ccc(F)cc12. The van der Waals surface area contributed by atoms with E-state index in [1.165, 1.54) is 12.1 Å². The highest BCUT2D eigenvalue weighted by Crippen LogP contribution is 2.23. The van der Waals surface area contributed by atoms with E-state index in [2.05, 4.69) is 10.3 Å². The van der Waals surface area contributed by atoms with Gasteiger partial charge < -0.3 is 10.3 Å². The van der Waals surface area contributed by atoms with E-state index >= 15 is 0 Å². The third kappa shape index (κ3) is 2.95. The standard InChI is InChI=1S/C15H19FN2O/c1-4-9(2)17-15(19)8-12-10(3)18-14-6-5-11(16)7-13(12)14/h5-7,9,18H,4,8H2,1-3H3,(H,17,19)/t9-/m1/s1. The number of amides is 1. The van der Waals surface area contributed by atoms with Gasteiger partial charge in [0.2, 0.25) is 5.91 Å². The summed E-state index contributed by atoms with van der Waals surface area (Å²) < 4.78 is 13.3. The Bertz CT molecular complexity index is 603. The summed E-state index contributed by atoms with van der Waals surface area (Å²) in [5, 5.41) is 3.72. The first-order chi connectivity index (χ1) is 9.01.